The van der Waals surface area contributed by atoms with Gasteiger partial charge in [-0.2, -0.15) is 0 Å². The van der Waals surface area contributed by atoms with Gasteiger partial charge < -0.3 is 14.8 Å². The first-order chi connectivity index (χ1) is 14.5. The molecule has 0 bridgehead atoms. The Labute approximate surface area is 181 Å². The number of carbonyl (C=O) groups excluding carboxylic acids is 1. The maximum atomic E-state index is 12.7. The van der Waals surface area contributed by atoms with Crippen LogP contribution in [0.15, 0.2) is 54.6 Å². The van der Waals surface area contributed by atoms with Gasteiger partial charge in [0.05, 0.1) is 20.1 Å². The number of benzene rings is 2. The van der Waals surface area contributed by atoms with Gasteiger partial charge in [0.15, 0.2) is 0 Å². The van der Waals surface area contributed by atoms with E-state index >= 15 is 0 Å². The number of hydrogen-bond acceptors (Lipinski definition) is 4. The van der Waals surface area contributed by atoms with E-state index in [0.717, 1.165) is 31.4 Å². The Balaban J connectivity index is 1.92. The van der Waals surface area contributed by atoms with Crippen molar-refractivity contribution in [2.24, 2.45) is 11.3 Å². The lowest BCUT2D eigenvalue weighted by Gasteiger charge is -2.49. The van der Waals surface area contributed by atoms with Gasteiger partial charge in [0.25, 0.3) is 0 Å². The highest BCUT2D eigenvalue weighted by Crippen LogP contribution is 2.46. The molecule has 2 aromatic carbocycles. The molecule has 3 rings (SSSR count). The molecule has 0 heterocycles. The molecular weight excluding hydrogens is 374 g/mol. The average Bonchev–Trinajstić information content (AvgIpc) is 2.80. The number of ether oxygens (including phenoxy) is 2. The summed E-state index contributed by atoms with van der Waals surface area (Å²) >= 11 is 0. The number of methoxy groups -OCH3 is 2. The van der Waals surface area contributed by atoms with E-state index in [0.29, 0.717) is 0 Å². The molecule has 0 amide bonds. The van der Waals surface area contributed by atoms with E-state index < -0.39 is 0 Å². The van der Waals surface area contributed by atoms with E-state index in [2.05, 4.69) is 48.6 Å². The maximum Gasteiger partial charge on any atom is 0.309 e. The lowest BCUT2D eigenvalue weighted by molar-refractivity contribution is -0.152. The Morgan fingerprint density at radius 2 is 1.77 bits per heavy atom. The standard InChI is InChI=1S/C26H35NO3/c1-19(25(28)30-4)26(18-21-13-15-23(29-3)16-14-21)17-9-8-12-24(26)27-20(2)22-10-6-5-7-11-22/h5-7,10-11,13-16,19-20,24,27H,8-9,12,17-18H2,1-4H3. The van der Waals surface area contributed by atoms with Crippen LogP contribution < -0.4 is 10.1 Å². The first-order valence-corrected chi connectivity index (χ1v) is 11.0. The van der Waals surface area contributed by atoms with Gasteiger partial charge in [0.2, 0.25) is 0 Å². The third kappa shape index (κ3) is 4.86. The number of rotatable bonds is 8. The molecule has 1 aliphatic carbocycles. The second-order valence-corrected chi connectivity index (χ2v) is 8.60. The number of esters is 1. The Kier molecular flexibility index (Phi) is 7.54. The van der Waals surface area contributed by atoms with Crippen LogP contribution in [0.25, 0.3) is 0 Å². The molecule has 0 radical (unpaired) electrons. The molecule has 0 aliphatic heterocycles. The van der Waals surface area contributed by atoms with Crippen LogP contribution in [0.3, 0.4) is 0 Å². The van der Waals surface area contributed by atoms with Crippen molar-refractivity contribution >= 4 is 5.97 Å². The van der Waals surface area contributed by atoms with Gasteiger partial charge in [-0.1, -0.05) is 62.2 Å². The summed E-state index contributed by atoms with van der Waals surface area (Å²) in [6, 6.07) is 19.2. The molecule has 1 N–H and O–H groups in total. The minimum absolute atomic E-state index is 0.121. The van der Waals surface area contributed by atoms with Crippen LogP contribution in [-0.2, 0) is 16.0 Å². The molecule has 2 aromatic rings. The van der Waals surface area contributed by atoms with Gasteiger partial charge in [-0.3, -0.25) is 4.79 Å². The van der Waals surface area contributed by atoms with Crippen LogP contribution in [0.5, 0.6) is 5.75 Å². The molecule has 162 valence electrons. The van der Waals surface area contributed by atoms with E-state index in [1.54, 1.807) is 7.11 Å². The van der Waals surface area contributed by atoms with Crippen molar-refractivity contribution in [2.75, 3.05) is 14.2 Å². The number of hydrogen-bond donors (Lipinski definition) is 1. The zero-order valence-electron chi connectivity index (χ0n) is 18.7. The second kappa shape index (κ2) is 10.1. The van der Waals surface area contributed by atoms with E-state index in [9.17, 15) is 4.79 Å². The van der Waals surface area contributed by atoms with Crippen LogP contribution in [0.2, 0.25) is 0 Å². The Morgan fingerprint density at radius 1 is 1.07 bits per heavy atom. The molecule has 4 unspecified atom stereocenters. The molecule has 0 saturated heterocycles. The predicted molar refractivity (Wildman–Crippen MR) is 121 cm³/mol. The summed E-state index contributed by atoms with van der Waals surface area (Å²) in [7, 11) is 3.18. The molecule has 30 heavy (non-hydrogen) atoms. The highest BCUT2D eigenvalue weighted by atomic mass is 16.5. The van der Waals surface area contributed by atoms with Crippen LogP contribution in [0, 0.1) is 11.3 Å². The van der Waals surface area contributed by atoms with Crippen LogP contribution in [0.1, 0.15) is 56.7 Å². The molecule has 1 fully saturated rings. The SMILES string of the molecule is COC(=O)C(C)C1(Cc2ccc(OC)cc2)CCCCC1NC(C)c1ccccc1. The van der Waals surface area contributed by atoms with Crippen LogP contribution >= 0.6 is 0 Å². The fraction of sp³-hybridized carbons (Fsp3) is 0.500. The summed E-state index contributed by atoms with van der Waals surface area (Å²) in [6.45, 7) is 4.26. The van der Waals surface area contributed by atoms with Crippen LogP contribution in [0.4, 0.5) is 0 Å². The quantitative estimate of drug-likeness (QED) is 0.599. The van der Waals surface area contributed by atoms with Crippen molar-refractivity contribution in [3.63, 3.8) is 0 Å². The van der Waals surface area contributed by atoms with Gasteiger partial charge in [0, 0.05) is 17.5 Å². The zero-order valence-corrected chi connectivity index (χ0v) is 18.7. The zero-order chi connectivity index (χ0) is 21.6. The van der Waals surface area contributed by atoms with E-state index in [4.69, 9.17) is 9.47 Å². The lowest BCUT2D eigenvalue weighted by atomic mass is 9.60. The third-order valence-corrected chi connectivity index (χ3v) is 6.94. The summed E-state index contributed by atoms with van der Waals surface area (Å²) in [5, 5.41) is 3.90. The van der Waals surface area contributed by atoms with Gasteiger partial charge in [-0.15, -0.1) is 0 Å². The van der Waals surface area contributed by atoms with Crippen molar-refractivity contribution in [3.8, 4) is 5.75 Å². The van der Waals surface area contributed by atoms with E-state index in [-0.39, 0.29) is 29.4 Å². The molecule has 4 atom stereocenters. The first kappa shape index (κ1) is 22.4. The smallest absolute Gasteiger partial charge is 0.309 e. The number of carbonyl (C=O) groups is 1. The molecule has 1 saturated carbocycles. The van der Waals surface area contributed by atoms with Crippen LogP contribution in [-0.4, -0.2) is 26.2 Å². The van der Waals surface area contributed by atoms with Gasteiger partial charge in [-0.05, 0) is 49.4 Å². The molecule has 0 aromatic heterocycles. The Morgan fingerprint density at radius 3 is 2.40 bits per heavy atom. The second-order valence-electron chi connectivity index (χ2n) is 8.60. The molecule has 1 aliphatic rings. The Hall–Kier alpha value is -2.33. The summed E-state index contributed by atoms with van der Waals surface area (Å²) in [5.74, 6) is 0.541. The summed E-state index contributed by atoms with van der Waals surface area (Å²) in [4.78, 5) is 12.7. The lowest BCUT2D eigenvalue weighted by Crippen LogP contribution is -2.54. The monoisotopic (exact) mass is 409 g/mol. The average molecular weight is 410 g/mol. The molecule has 4 nitrogen and oxygen atoms in total. The number of nitrogens with one attached hydrogen (secondary N) is 1. The maximum absolute atomic E-state index is 12.7. The van der Waals surface area contributed by atoms with Crippen molar-refractivity contribution in [1.82, 2.24) is 5.32 Å². The fourth-order valence-electron chi connectivity index (χ4n) is 5.07. The summed E-state index contributed by atoms with van der Waals surface area (Å²) in [6.07, 6.45) is 5.22. The molecule has 4 heteroatoms. The molecular formula is C26H35NO3. The van der Waals surface area contributed by atoms with Crippen molar-refractivity contribution in [2.45, 2.75) is 58.0 Å². The largest absolute Gasteiger partial charge is 0.497 e. The predicted octanol–water partition coefficient (Wildman–Crippen LogP) is 5.33. The third-order valence-electron chi connectivity index (χ3n) is 6.94. The van der Waals surface area contributed by atoms with Crippen molar-refractivity contribution < 1.29 is 14.3 Å². The first-order valence-electron chi connectivity index (χ1n) is 11.0. The van der Waals surface area contributed by atoms with Gasteiger partial charge in [0.1, 0.15) is 5.75 Å². The van der Waals surface area contributed by atoms with Gasteiger partial charge in [-0.25, -0.2) is 0 Å². The van der Waals surface area contributed by atoms with Gasteiger partial charge >= 0.3 is 5.97 Å². The highest BCUT2D eigenvalue weighted by Gasteiger charge is 2.48. The van der Waals surface area contributed by atoms with Crippen molar-refractivity contribution in [3.05, 3.63) is 65.7 Å². The van der Waals surface area contributed by atoms with Crippen molar-refractivity contribution in [1.29, 1.82) is 0 Å². The highest BCUT2D eigenvalue weighted by molar-refractivity contribution is 5.73. The van der Waals surface area contributed by atoms with E-state index in [1.807, 2.05) is 25.1 Å². The minimum Gasteiger partial charge on any atom is -0.497 e. The molecule has 0 spiro atoms. The summed E-state index contributed by atoms with van der Waals surface area (Å²) < 4.78 is 10.5. The summed E-state index contributed by atoms with van der Waals surface area (Å²) in [5.41, 5.74) is 2.31. The minimum atomic E-state index is -0.191. The fourth-order valence-corrected chi connectivity index (χ4v) is 5.07. The Bertz CT molecular complexity index is 805. The topological polar surface area (TPSA) is 47.6 Å². The van der Waals surface area contributed by atoms with E-state index in [1.165, 1.54) is 24.7 Å². The normalized spacial score (nSPS) is 23.4.